The number of hydrogen-bond donors (Lipinski definition) is 1. The Labute approximate surface area is 171 Å². The van der Waals surface area contributed by atoms with Gasteiger partial charge in [-0.05, 0) is 62.2 Å². The third-order valence-electron chi connectivity index (χ3n) is 4.50. The van der Waals surface area contributed by atoms with Gasteiger partial charge in [0.1, 0.15) is 11.4 Å². The third kappa shape index (κ3) is 4.81. The van der Waals surface area contributed by atoms with Gasteiger partial charge in [-0.15, -0.1) is 0 Å². The van der Waals surface area contributed by atoms with Gasteiger partial charge in [0, 0.05) is 18.1 Å². The first-order valence-electron chi connectivity index (χ1n) is 9.14. The monoisotopic (exact) mass is 409 g/mol. The molecule has 0 aliphatic heterocycles. The molecule has 0 radical (unpaired) electrons. The minimum atomic E-state index is -3.96. The van der Waals surface area contributed by atoms with Crippen molar-refractivity contribution in [3.05, 3.63) is 83.7 Å². The van der Waals surface area contributed by atoms with Gasteiger partial charge < -0.3 is 5.32 Å². The van der Waals surface area contributed by atoms with Crippen molar-refractivity contribution in [2.45, 2.75) is 25.7 Å². The van der Waals surface area contributed by atoms with Gasteiger partial charge >= 0.3 is 0 Å². The van der Waals surface area contributed by atoms with Crippen molar-refractivity contribution in [2.24, 2.45) is 0 Å². The Morgan fingerprint density at radius 2 is 1.69 bits per heavy atom. The van der Waals surface area contributed by atoms with Gasteiger partial charge in [-0.2, -0.15) is 0 Å². The second kappa shape index (κ2) is 8.45. The number of nitrogens with zero attached hydrogens (tertiary/aromatic N) is 2. The molecule has 7 heteroatoms. The number of anilines is 2. The summed E-state index contributed by atoms with van der Waals surface area (Å²) >= 11 is 0. The average Bonchev–Trinajstić information content (AvgIpc) is 2.70. The van der Waals surface area contributed by atoms with Crippen LogP contribution in [0.25, 0.3) is 0 Å². The highest BCUT2D eigenvalue weighted by atomic mass is 32.2. The van der Waals surface area contributed by atoms with Crippen molar-refractivity contribution in [2.75, 3.05) is 16.2 Å². The zero-order valence-corrected chi connectivity index (χ0v) is 17.4. The number of carbonyl (C=O) groups is 1. The molecule has 1 N–H and O–H groups in total. The smallest absolute Gasteiger partial charge is 0.266 e. The van der Waals surface area contributed by atoms with Crippen LogP contribution in [0.3, 0.4) is 0 Å². The van der Waals surface area contributed by atoms with Crippen LogP contribution in [0.2, 0.25) is 0 Å². The van der Waals surface area contributed by atoms with Crippen LogP contribution in [0.15, 0.2) is 71.9 Å². The van der Waals surface area contributed by atoms with Crippen molar-refractivity contribution in [3.63, 3.8) is 0 Å². The Morgan fingerprint density at radius 1 is 1.00 bits per heavy atom. The molecule has 150 valence electrons. The molecule has 0 aliphatic carbocycles. The van der Waals surface area contributed by atoms with E-state index in [2.05, 4.69) is 10.3 Å². The van der Waals surface area contributed by atoms with Crippen LogP contribution >= 0.6 is 0 Å². The lowest BCUT2D eigenvalue weighted by atomic mass is 10.1. The number of nitrogens with one attached hydrogen (secondary N) is 1. The minimum Gasteiger partial charge on any atom is -0.324 e. The molecule has 0 aliphatic rings. The summed E-state index contributed by atoms with van der Waals surface area (Å²) in [6.07, 6.45) is 2.78. The molecule has 29 heavy (non-hydrogen) atoms. The molecule has 0 spiro atoms. The molecule has 0 atom stereocenters. The Bertz CT molecular complexity index is 1110. The zero-order chi connectivity index (χ0) is 21.0. The summed E-state index contributed by atoms with van der Waals surface area (Å²) < 4.78 is 27.6. The van der Waals surface area contributed by atoms with E-state index in [1.54, 1.807) is 18.2 Å². The van der Waals surface area contributed by atoms with Gasteiger partial charge in [-0.3, -0.25) is 14.1 Å². The number of pyridine rings is 1. The van der Waals surface area contributed by atoms with Gasteiger partial charge in [0.15, 0.2) is 0 Å². The molecule has 1 aromatic heterocycles. The highest BCUT2D eigenvalue weighted by Crippen LogP contribution is 2.24. The summed E-state index contributed by atoms with van der Waals surface area (Å²) in [5.41, 5.74) is 3.98. The summed E-state index contributed by atoms with van der Waals surface area (Å²) in [6.45, 7) is 5.38. The van der Waals surface area contributed by atoms with E-state index in [-0.39, 0.29) is 11.4 Å². The van der Waals surface area contributed by atoms with E-state index in [9.17, 15) is 13.2 Å². The molecular formula is C22H23N3O3S. The molecule has 3 aromatic rings. The predicted molar refractivity (Wildman–Crippen MR) is 114 cm³/mol. The number of aromatic nitrogens is 1. The molecule has 0 bridgehead atoms. The highest BCUT2D eigenvalue weighted by Gasteiger charge is 2.27. The standard InChI is InChI=1S/C22H23N3O3S/c1-16-7-10-19(11-8-16)25(29(27,28)20-5-4-12-23-14-20)15-22(26)24-21-13-17(2)6-9-18(21)3/h4-14H,15H2,1-3H3,(H,24,26). The second-order valence-corrected chi connectivity index (χ2v) is 8.76. The molecule has 0 saturated carbocycles. The van der Waals surface area contributed by atoms with Crippen molar-refractivity contribution in [1.29, 1.82) is 0 Å². The Kier molecular flexibility index (Phi) is 5.98. The number of hydrogen-bond acceptors (Lipinski definition) is 4. The fraction of sp³-hybridized carbons (Fsp3) is 0.182. The second-order valence-electron chi connectivity index (χ2n) is 6.90. The van der Waals surface area contributed by atoms with Gasteiger partial charge in [-0.25, -0.2) is 8.42 Å². The summed E-state index contributed by atoms with van der Waals surface area (Å²) in [5, 5.41) is 2.83. The van der Waals surface area contributed by atoms with E-state index >= 15 is 0 Å². The van der Waals surface area contributed by atoms with Crippen molar-refractivity contribution in [3.8, 4) is 0 Å². The van der Waals surface area contributed by atoms with Crippen LogP contribution in [0.4, 0.5) is 11.4 Å². The molecule has 1 amide bonds. The van der Waals surface area contributed by atoms with E-state index < -0.39 is 15.9 Å². The Hall–Kier alpha value is -3.19. The van der Waals surface area contributed by atoms with Gasteiger partial charge in [0.05, 0.1) is 5.69 Å². The maximum atomic E-state index is 13.2. The normalized spacial score (nSPS) is 11.1. The van der Waals surface area contributed by atoms with E-state index in [0.717, 1.165) is 21.0 Å². The first-order valence-corrected chi connectivity index (χ1v) is 10.6. The van der Waals surface area contributed by atoms with Gasteiger partial charge in [0.25, 0.3) is 10.0 Å². The van der Waals surface area contributed by atoms with E-state index in [0.29, 0.717) is 11.4 Å². The quantitative estimate of drug-likeness (QED) is 0.671. The van der Waals surface area contributed by atoms with Crippen LogP contribution in [-0.2, 0) is 14.8 Å². The summed E-state index contributed by atoms with van der Waals surface area (Å²) in [6, 6.07) is 15.7. The fourth-order valence-electron chi connectivity index (χ4n) is 2.84. The first kappa shape index (κ1) is 20.5. The maximum Gasteiger partial charge on any atom is 0.266 e. The summed E-state index contributed by atoms with van der Waals surface area (Å²) in [4.78, 5) is 16.7. The molecule has 1 heterocycles. The number of sulfonamides is 1. The summed E-state index contributed by atoms with van der Waals surface area (Å²) in [5.74, 6) is -0.424. The molecule has 0 saturated heterocycles. The van der Waals surface area contributed by atoms with Crippen molar-refractivity contribution in [1.82, 2.24) is 4.98 Å². The number of rotatable bonds is 6. The first-order chi connectivity index (χ1) is 13.8. The lowest BCUT2D eigenvalue weighted by Gasteiger charge is -2.24. The highest BCUT2D eigenvalue weighted by molar-refractivity contribution is 7.92. The van der Waals surface area contributed by atoms with Gasteiger partial charge in [0.2, 0.25) is 5.91 Å². The molecule has 0 unspecified atom stereocenters. The zero-order valence-electron chi connectivity index (χ0n) is 16.6. The molecule has 2 aromatic carbocycles. The number of benzene rings is 2. The van der Waals surface area contributed by atoms with Crippen LogP contribution in [-0.4, -0.2) is 25.9 Å². The number of carbonyl (C=O) groups excluding carboxylic acids is 1. The lowest BCUT2D eigenvalue weighted by Crippen LogP contribution is -2.38. The van der Waals surface area contributed by atoms with Crippen LogP contribution in [0.1, 0.15) is 16.7 Å². The van der Waals surface area contributed by atoms with Gasteiger partial charge in [-0.1, -0.05) is 29.8 Å². The lowest BCUT2D eigenvalue weighted by molar-refractivity contribution is -0.114. The molecular weight excluding hydrogens is 386 g/mol. The van der Waals surface area contributed by atoms with Crippen molar-refractivity contribution >= 4 is 27.3 Å². The Morgan fingerprint density at radius 3 is 2.34 bits per heavy atom. The van der Waals surface area contributed by atoms with Crippen LogP contribution in [0, 0.1) is 20.8 Å². The van der Waals surface area contributed by atoms with E-state index in [1.807, 2.05) is 51.1 Å². The third-order valence-corrected chi connectivity index (χ3v) is 6.26. The Balaban J connectivity index is 1.94. The van der Waals surface area contributed by atoms with Crippen molar-refractivity contribution < 1.29 is 13.2 Å². The van der Waals surface area contributed by atoms with Crippen LogP contribution < -0.4 is 9.62 Å². The predicted octanol–water partition coefficient (Wildman–Crippen LogP) is 3.84. The molecule has 6 nitrogen and oxygen atoms in total. The summed E-state index contributed by atoms with van der Waals surface area (Å²) in [7, 11) is -3.96. The maximum absolute atomic E-state index is 13.2. The number of amides is 1. The van der Waals surface area contributed by atoms with E-state index in [4.69, 9.17) is 0 Å². The molecule has 3 rings (SSSR count). The minimum absolute atomic E-state index is 0.0279. The molecule has 0 fully saturated rings. The van der Waals surface area contributed by atoms with E-state index in [1.165, 1.54) is 18.5 Å². The fourth-order valence-corrected chi connectivity index (χ4v) is 4.23. The largest absolute Gasteiger partial charge is 0.324 e. The topological polar surface area (TPSA) is 79.4 Å². The van der Waals surface area contributed by atoms with Crippen LogP contribution in [0.5, 0.6) is 0 Å². The SMILES string of the molecule is Cc1ccc(N(CC(=O)Nc2cc(C)ccc2C)S(=O)(=O)c2cccnc2)cc1. The number of aryl methyl sites for hydroxylation is 3. The average molecular weight is 410 g/mol.